The number of benzene rings is 2. The van der Waals surface area contributed by atoms with Gasteiger partial charge in [0.2, 0.25) is 6.79 Å². The molecule has 0 radical (unpaired) electrons. The Morgan fingerprint density at radius 1 is 1.19 bits per heavy atom. The number of thiocarbonyl (C=S) groups is 1. The zero-order valence-corrected chi connectivity index (χ0v) is 15.6. The number of hydrogen-bond acceptors (Lipinski definition) is 6. The highest BCUT2D eigenvalue weighted by molar-refractivity contribution is 8.26. The molecule has 2 heterocycles. The molecule has 5 nitrogen and oxygen atoms in total. The summed E-state index contributed by atoms with van der Waals surface area (Å²) < 4.78 is 16.4. The largest absolute Gasteiger partial charge is 0.497 e. The SMILES string of the molecule is COc1ccc(CN2C(=O)/C(=C/c3ccc4c(c3)OCO4)SC2=S)cc1. The summed E-state index contributed by atoms with van der Waals surface area (Å²) in [6, 6.07) is 13.2. The van der Waals surface area contributed by atoms with Gasteiger partial charge in [-0.1, -0.05) is 42.2 Å². The quantitative estimate of drug-likeness (QED) is 0.589. The van der Waals surface area contributed by atoms with Crippen LogP contribution in [0.15, 0.2) is 47.4 Å². The van der Waals surface area contributed by atoms with Crippen LogP contribution in [0, 0.1) is 0 Å². The molecular weight excluding hydrogens is 370 g/mol. The molecule has 0 spiro atoms. The Morgan fingerprint density at radius 2 is 1.96 bits per heavy atom. The first kappa shape index (κ1) is 16.9. The Labute approximate surface area is 160 Å². The first-order valence-corrected chi connectivity index (χ1v) is 9.14. The molecule has 2 aliphatic heterocycles. The van der Waals surface area contributed by atoms with E-state index in [1.54, 1.807) is 12.0 Å². The first-order chi connectivity index (χ1) is 12.6. The summed E-state index contributed by atoms with van der Waals surface area (Å²) in [6.07, 6.45) is 1.83. The van der Waals surface area contributed by atoms with E-state index < -0.39 is 0 Å². The number of carbonyl (C=O) groups excluding carboxylic acids is 1. The van der Waals surface area contributed by atoms with Crippen LogP contribution in [0.3, 0.4) is 0 Å². The number of nitrogens with zero attached hydrogens (tertiary/aromatic N) is 1. The second-order valence-corrected chi connectivity index (χ2v) is 7.40. The van der Waals surface area contributed by atoms with Gasteiger partial charge in [0, 0.05) is 0 Å². The fraction of sp³-hybridized carbons (Fsp3) is 0.158. The van der Waals surface area contributed by atoms with Crippen molar-refractivity contribution in [2.75, 3.05) is 13.9 Å². The Balaban J connectivity index is 1.52. The second-order valence-electron chi connectivity index (χ2n) is 5.73. The van der Waals surface area contributed by atoms with Gasteiger partial charge >= 0.3 is 0 Å². The molecule has 0 saturated carbocycles. The summed E-state index contributed by atoms with van der Waals surface area (Å²) >= 11 is 6.70. The summed E-state index contributed by atoms with van der Waals surface area (Å²) in [4.78, 5) is 15.0. The van der Waals surface area contributed by atoms with Gasteiger partial charge in [-0.2, -0.15) is 0 Å². The normalized spacial score (nSPS) is 17.3. The number of amides is 1. The van der Waals surface area contributed by atoms with Crippen molar-refractivity contribution >= 4 is 40.3 Å². The van der Waals surface area contributed by atoms with Crippen LogP contribution in [-0.4, -0.2) is 29.0 Å². The van der Waals surface area contributed by atoms with Gasteiger partial charge in [-0.15, -0.1) is 0 Å². The van der Waals surface area contributed by atoms with Gasteiger partial charge in [0.1, 0.15) is 10.1 Å². The molecule has 1 amide bonds. The van der Waals surface area contributed by atoms with E-state index in [-0.39, 0.29) is 12.7 Å². The minimum Gasteiger partial charge on any atom is -0.497 e. The van der Waals surface area contributed by atoms with Crippen molar-refractivity contribution in [1.29, 1.82) is 0 Å². The highest BCUT2D eigenvalue weighted by Crippen LogP contribution is 2.36. The van der Waals surface area contributed by atoms with Crippen LogP contribution in [0.5, 0.6) is 17.2 Å². The van der Waals surface area contributed by atoms with E-state index in [2.05, 4.69) is 0 Å². The zero-order valence-electron chi connectivity index (χ0n) is 13.9. The van der Waals surface area contributed by atoms with Crippen LogP contribution in [0.2, 0.25) is 0 Å². The number of methoxy groups -OCH3 is 1. The summed E-state index contributed by atoms with van der Waals surface area (Å²) in [6.45, 7) is 0.663. The van der Waals surface area contributed by atoms with E-state index in [0.717, 1.165) is 16.9 Å². The monoisotopic (exact) mass is 385 g/mol. The molecule has 0 N–H and O–H groups in total. The van der Waals surface area contributed by atoms with Crippen molar-refractivity contribution in [1.82, 2.24) is 4.90 Å². The van der Waals surface area contributed by atoms with Crippen LogP contribution in [-0.2, 0) is 11.3 Å². The number of carbonyl (C=O) groups is 1. The third kappa shape index (κ3) is 3.27. The van der Waals surface area contributed by atoms with Crippen LogP contribution in [0.1, 0.15) is 11.1 Å². The van der Waals surface area contributed by atoms with Gasteiger partial charge in [-0.05, 0) is 41.5 Å². The van der Waals surface area contributed by atoms with Gasteiger partial charge < -0.3 is 14.2 Å². The molecule has 0 bridgehead atoms. The molecule has 26 heavy (non-hydrogen) atoms. The lowest BCUT2D eigenvalue weighted by Crippen LogP contribution is -2.27. The molecule has 132 valence electrons. The number of rotatable bonds is 4. The third-order valence-corrected chi connectivity index (χ3v) is 5.45. The van der Waals surface area contributed by atoms with E-state index >= 15 is 0 Å². The molecule has 0 aliphatic carbocycles. The molecule has 0 aromatic heterocycles. The predicted octanol–water partition coefficient (Wildman–Crippen LogP) is 3.83. The standard InChI is InChI=1S/C19H15NO4S2/c1-22-14-5-2-12(3-6-14)10-20-18(21)17(26-19(20)25)9-13-4-7-15-16(8-13)24-11-23-15/h2-9H,10-11H2,1H3/b17-9-. The van der Waals surface area contributed by atoms with Crippen LogP contribution in [0.4, 0.5) is 0 Å². The topological polar surface area (TPSA) is 48.0 Å². The third-order valence-electron chi connectivity index (χ3n) is 4.07. The average molecular weight is 385 g/mol. The molecule has 1 fully saturated rings. The molecule has 0 unspecified atom stereocenters. The van der Waals surface area contributed by atoms with Crippen molar-refractivity contribution in [3.8, 4) is 17.2 Å². The summed E-state index contributed by atoms with van der Waals surface area (Å²) in [5, 5.41) is 0. The number of thioether (sulfide) groups is 1. The van der Waals surface area contributed by atoms with Crippen molar-refractivity contribution in [3.05, 3.63) is 58.5 Å². The van der Waals surface area contributed by atoms with E-state index in [1.807, 2.05) is 48.5 Å². The van der Waals surface area contributed by atoms with Gasteiger partial charge in [0.25, 0.3) is 5.91 Å². The van der Waals surface area contributed by atoms with E-state index in [9.17, 15) is 4.79 Å². The summed E-state index contributed by atoms with van der Waals surface area (Å²) in [5.41, 5.74) is 1.87. The Bertz CT molecular complexity index is 908. The van der Waals surface area contributed by atoms with Gasteiger partial charge in [-0.25, -0.2) is 0 Å². The minimum absolute atomic E-state index is 0.0894. The van der Waals surface area contributed by atoms with E-state index in [1.165, 1.54) is 11.8 Å². The summed E-state index contributed by atoms with van der Waals surface area (Å²) in [5.74, 6) is 2.09. The maximum atomic E-state index is 12.8. The molecule has 2 aromatic carbocycles. The van der Waals surface area contributed by atoms with Crippen LogP contribution < -0.4 is 14.2 Å². The number of hydrogen-bond donors (Lipinski definition) is 0. The Kier molecular flexibility index (Phi) is 4.57. The smallest absolute Gasteiger partial charge is 0.266 e. The highest BCUT2D eigenvalue weighted by atomic mass is 32.2. The van der Waals surface area contributed by atoms with E-state index in [4.69, 9.17) is 26.4 Å². The fourth-order valence-corrected chi connectivity index (χ4v) is 3.96. The maximum Gasteiger partial charge on any atom is 0.266 e. The van der Waals surface area contributed by atoms with Crippen molar-refractivity contribution in [2.24, 2.45) is 0 Å². The molecule has 2 aromatic rings. The predicted molar refractivity (Wildman–Crippen MR) is 104 cm³/mol. The molecule has 1 saturated heterocycles. The molecule has 7 heteroatoms. The van der Waals surface area contributed by atoms with Crippen molar-refractivity contribution in [2.45, 2.75) is 6.54 Å². The summed E-state index contributed by atoms with van der Waals surface area (Å²) in [7, 11) is 1.62. The van der Waals surface area contributed by atoms with E-state index in [0.29, 0.717) is 27.3 Å². The minimum atomic E-state index is -0.0894. The Hall–Kier alpha value is -2.51. The lowest BCUT2D eigenvalue weighted by atomic mass is 10.1. The van der Waals surface area contributed by atoms with Crippen LogP contribution >= 0.6 is 24.0 Å². The lowest BCUT2D eigenvalue weighted by Gasteiger charge is -2.14. The molecular formula is C19H15NO4S2. The number of ether oxygens (including phenoxy) is 3. The lowest BCUT2D eigenvalue weighted by molar-refractivity contribution is -0.122. The van der Waals surface area contributed by atoms with Crippen molar-refractivity contribution in [3.63, 3.8) is 0 Å². The fourth-order valence-electron chi connectivity index (χ4n) is 2.70. The second kappa shape index (κ2) is 7.01. The first-order valence-electron chi connectivity index (χ1n) is 7.92. The Morgan fingerprint density at radius 3 is 2.73 bits per heavy atom. The molecule has 4 rings (SSSR count). The van der Waals surface area contributed by atoms with Gasteiger partial charge in [0.05, 0.1) is 18.6 Å². The molecule has 0 atom stereocenters. The number of fused-ring (bicyclic) bond motifs is 1. The van der Waals surface area contributed by atoms with Gasteiger partial charge in [0.15, 0.2) is 11.5 Å². The zero-order chi connectivity index (χ0) is 18.1. The highest BCUT2D eigenvalue weighted by Gasteiger charge is 2.32. The molecule has 2 aliphatic rings. The van der Waals surface area contributed by atoms with Crippen LogP contribution in [0.25, 0.3) is 6.08 Å². The average Bonchev–Trinajstić information content (AvgIpc) is 3.22. The maximum absolute atomic E-state index is 12.8. The van der Waals surface area contributed by atoms with Gasteiger partial charge in [-0.3, -0.25) is 9.69 Å². The van der Waals surface area contributed by atoms with Crippen molar-refractivity contribution < 1.29 is 19.0 Å².